The molecule has 0 saturated heterocycles. The molecule has 2 rings (SSSR count). The first-order chi connectivity index (χ1) is 9.24. The van der Waals surface area contributed by atoms with Crippen molar-refractivity contribution in [3.8, 4) is 12.1 Å². The van der Waals surface area contributed by atoms with E-state index >= 15 is 0 Å². The Kier molecular flexibility index (Phi) is 4.49. The van der Waals surface area contributed by atoms with E-state index in [0.29, 0.717) is 30.3 Å². The molecule has 98 valence electrons. The zero-order valence-corrected chi connectivity index (χ0v) is 10.8. The number of rotatable bonds is 4. The van der Waals surface area contributed by atoms with Gasteiger partial charge in [0, 0.05) is 12.6 Å². The molecule has 19 heavy (non-hydrogen) atoms. The first-order valence-corrected chi connectivity index (χ1v) is 6.54. The number of halogens is 1. The second kappa shape index (κ2) is 6.31. The zero-order valence-electron chi connectivity index (χ0n) is 10.8. The Bertz CT molecular complexity index is 521. The lowest BCUT2D eigenvalue weighted by Gasteiger charge is -2.26. The highest BCUT2D eigenvalue weighted by Gasteiger charge is 2.23. The molecule has 1 aliphatic rings. The lowest BCUT2D eigenvalue weighted by atomic mass is 10.1. The van der Waals surface area contributed by atoms with Crippen LogP contribution >= 0.6 is 0 Å². The molecular formula is C15H16FN3. The number of hydrogen-bond acceptors (Lipinski definition) is 3. The van der Waals surface area contributed by atoms with Gasteiger partial charge in [0.1, 0.15) is 5.82 Å². The van der Waals surface area contributed by atoms with Crippen molar-refractivity contribution in [1.82, 2.24) is 4.90 Å². The predicted octanol–water partition coefficient (Wildman–Crippen LogP) is 2.97. The van der Waals surface area contributed by atoms with Crippen LogP contribution in [0.5, 0.6) is 0 Å². The van der Waals surface area contributed by atoms with Crippen molar-refractivity contribution in [2.24, 2.45) is 0 Å². The second-order valence-electron chi connectivity index (χ2n) is 4.91. The highest BCUT2D eigenvalue weighted by atomic mass is 19.1. The van der Waals surface area contributed by atoms with Gasteiger partial charge in [0.2, 0.25) is 0 Å². The first kappa shape index (κ1) is 13.5. The Hall–Kier alpha value is -1.91. The Morgan fingerprint density at radius 1 is 1.26 bits per heavy atom. The highest BCUT2D eigenvalue weighted by molar-refractivity contribution is 5.37. The smallest absolute Gasteiger partial charge is 0.123 e. The van der Waals surface area contributed by atoms with Gasteiger partial charge in [-0.25, -0.2) is 4.39 Å². The molecule has 0 unspecified atom stereocenters. The third-order valence-corrected chi connectivity index (χ3v) is 3.68. The summed E-state index contributed by atoms with van der Waals surface area (Å²) in [4.78, 5) is 2.06. The van der Waals surface area contributed by atoms with Crippen LogP contribution in [0.2, 0.25) is 0 Å². The largest absolute Gasteiger partial charge is 0.283 e. The molecule has 0 radical (unpaired) electrons. The molecule has 0 bridgehead atoms. The minimum Gasteiger partial charge on any atom is -0.283 e. The van der Waals surface area contributed by atoms with Gasteiger partial charge >= 0.3 is 0 Å². The molecule has 1 aromatic carbocycles. The van der Waals surface area contributed by atoms with E-state index in [1.54, 1.807) is 0 Å². The van der Waals surface area contributed by atoms with Gasteiger partial charge in [0.15, 0.2) is 0 Å². The molecule has 3 nitrogen and oxygen atoms in total. The fourth-order valence-electron chi connectivity index (χ4n) is 2.70. The SMILES string of the molecule is N#CCN(Cc1cc(F)ccc1C#N)C1CCCC1. The maximum absolute atomic E-state index is 13.3. The van der Waals surface area contributed by atoms with Gasteiger partial charge < -0.3 is 0 Å². The Labute approximate surface area is 112 Å². The molecule has 1 aliphatic carbocycles. The average molecular weight is 257 g/mol. The maximum Gasteiger partial charge on any atom is 0.123 e. The van der Waals surface area contributed by atoms with E-state index in [1.807, 2.05) is 0 Å². The molecule has 1 aromatic rings. The van der Waals surface area contributed by atoms with E-state index in [-0.39, 0.29) is 5.82 Å². The van der Waals surface area contributed by atoms with Crippen molar-refractivity contribution in [3.63, 3.8) is 0 Å². The quantitative estimate of drug-likeness (QED) is 0.779. The molecule has 0 aliphatic heterocycles. The predicted molar refractivity (Wildman–Crippen MR) is 69.4 cm³/mol. The van der Waals surface area contributed by atoms with Gasteiger partial charge in [0.05, 0.1) is 24.2 Å². The monoisotopic (exact) mass is 257 g/mol. The average Bonchev–Trinajstić information content (AvgIpc) is 2.92. The van der Waals surface area contributed by atoms with E-state index < -0.39 is 0 Å². The molecule has 0 N–H and O–H groups in total. The lowest BCUT2D eigenvalue weighted by Crippen LogP contribution is -2.33. The van der Waals surface area contributed by atoms with Gasteiger partial charge in [0.25, 0.3) is 0 Å². The molecule has 1 fully saturated rings. The standard InChI is InChI=1S/C15H16FN3/c16-14-6-5-12(10-18)13(9-14)11-19(8-7-17)15-3-1-2-4-15/h5-6,9,15H,1-4,8,11H2. The normalized spacial score (nSPS) is 15.4. The number of nitrogens with zero attached hydrogens (tertiary/aromatic N) is 3. The van der Waals surface area contributed by atoms with Crippen LogP contribution < -0.4 is 0 Å². The fraction of sp³-hybridized carbons (Fsp3) is 0.467. The molecule has 0 atom stereocenters. The van der Waals surface area contributed by atoms with E-state index in [4.69, 9.17) is 10.5 Å². The summed E-state index contributed by atoms with van der Waals surface area (Å²) in [7, 11) is 0. The van der Waals surface area contributed by atoms with Crippen LogP contribution in [0.4, 0.5) is 4.39 Å². The summed E-state index contributed by atoms with van der Waals surface area (Å²) in [6.07, 6.45) is 4.53. The van der Waals surface area contributed by atoms with Crippen LogP contribution in [0.15, 0.2) is 18.2 Å². The Morgan fingerprint density at radius 2 is 2.00 bits per heavy atom. The molecule has 4 heteroatoms. The zero-order chi connectivity index (χ0) is 13.7. The van der Waals surface area contributed by atoms with Crippen LogP contribution in [-0.4, -0.2) is 17.5 Å². The van der Waals surface area contributed by atoms with Crippen molar-refractivity contribution in [2.75, 3.05) is 6.54 Å². The van der Waals surface area contributed by atoms with Gasteiger partial charge in [-0.2, -0.15) is 10.5 Å². The van der Waals surface area contributed by atoms with Crippen molar-refractivity contribution in [1.29, 1.82) is 10.5 Å². The van der Waals surface area contributed by atoms with Gasteiger partial charge in [-0.3, -0.25) is 4.90 Å². The first-order valence-electron chi connectivity index (χ1n) is 6.54. The van der Waals surface area contributed by atoms with Gasteiger partial charge in [-0.1, -0.05) is 12.8 Å². The van der Waals surface area contributed by atoms with Crippen LogP contribution in [0.1, 0.15) is 36.8 Å². The summed E-state index contributed by atoms with van der Waals surface area (Å²) in [6, 6.07) is 8.84. The molecule has 0 amide bonds. The number of nitriles is 2. The second-order valence-corrected chi connectivity index (χ2v) is 4.91. The Morgan fingerprint density at radius 3 is 2.63 bits per heavy atom. The lowest BCUT2D eigenvalue weighted by molar-refractivity contribution is 0.213. The van der Waals surface area contributed by atoms with Crippen molar-refractivity contribution in [3.05, 3.63) is 35.1 Å². The van der Waals surface area contributed by atoms with Crippen molar-refractivity contribution >= 4 is 0 Å². The van der Waals surface area contributed by atoms with Gasteiger partial charge in [-0.15, -0.1) is 0 Å². The third kappa shape index (κ3) is 3.30. The van der Waals surface area contributed by atoms with E-state index in [0.717, 1.165) is 12.8 Å². The van der Waals surface area contributed by atoms with Crippen molar-refractivity contribution < 1.29 is 4.39 Å². The number of benzene rings is 1. The van der Waals surface area contributed by atoms with Crippen LogP contribution in [-0.2, 0) is 6.54 Å². The molecule has 1 saturated carbocycles. The summed E-state index contributed by atoms with van der Waals surface area (Å²) in [5.41, 5.74) is 1.16. The molecule has 0 heterocycles. The van der Waals surface area contributed by atoms with Crippen LogP contribution in [0.3, 0.4) is 0 Å². The van der Waals surface area contributed by atoms with Crippen LogP contribution in [0, 0.1) is 28.5 Å². The minimum atomic E-state index is -0.336. The maximum atomic E-state index is 13.3. The highest BCUT2D eigenvalue weighted by Crippen LogP contribution is 2.25. The van der Waals surface area contributed by atoms with Crippen molar-refractivity contribution in [2.45, 2.75) is 38.3 Å². The minimum absolute atomic E-state index is 0.325. The fourth-order valence-corrected chi connectivity index (χ4v) is 2.70. The summed E-state index contributed by atoms with van der Waals surface area (Å²) < 4.78 is 13.3. The topological polar surface area (TPSA) is 50.8 Å². The van der Waals surface area contributed by atoms with E-state index in [2.05, 4.69) is 17.0 Å². The summed E-state index contributed by atoms with van der Waals surface area (Å²) in [6.45, 7) is 0.797. The molecular weight excluding hydrogens is 241 g/mol. The summed E-state index contributed by atoms with van der Waals surface area (Å²) in [5.74, 6) is -0.336. The summed E-state index contributed by atoms with van der Waals surface area (Å²) in [5, 5.41) is 18.0. The summed E-state index contributed by atoms with van der Waals surface area (Å²) >= 11 is 0. The molecule has 0 spiro atoms. The Balaban J connectivity index is 2.19. The van der Waals surface area contributed by atoms with Gasteiger partial charge in [-0.05, 0) is 36.6 Å². The third-order valence-electron chi connectivity index (χ3n) is 3.68. The van der Waals surface area contributed by atoms with E-state index in [9.17, 15) is 4.39 Å². The molecule has 0 aromatic heterocycles. The number of hydrogen-bond donors (Lipinski definition) is 0. The van der Waals surface area contributed by atoms with E-state index in [1.165, 1.54) is 31.0 Å². The van der Waals surface area contributed by atoms with Crippen LogP contribution in [0.25, 0.3) is 0 Å².